The van der Waals surface area contributed by atoms with Crippen LogP contribution in [0.1, 0.15) is 5.69 Å². The van der Waals surface area contributed by atoms with E-state index in [1.54, 1.807) is 25.6 Å². The van der Waals surface area contributed by atoms with Gasteiger partial charge >= 0.3 is 0 Å². The largest absolute Gasteiger partial charge is 0.497 e. The maximum Gasteiger partial charge on any atom is 0.272 e. The Morgan fingerprint density at radius 3 is 2.46 bits per heavy atom. The summed E-state index contributed by atoms with van der Waals surface area (Å²) in [5.41, 5.74) is 7.90. The summed E-state index contributed by atoms with van der Waals surface area (Å²) < 4.78 is 11.0. The summed E-state index contributed by atoms with van der Waals surface area (Å²) in [5, 5.41) is 7.79. The summed E-state index contributed by atoms with van der Waals surface area (Å²) >= 11 is 0. The van der Waals surface area contributed by atoms with Crippen LogP contribution < -0.4 is 20.8 Å². The van der Waals surface area contributed by atoms with E-state index < -0.39 is 0 Å². The third-order valence-electron chi connectivity index (χ3n) is 4.40. The Bertz CT molecular complexity index is 1190. The number of methoxy groups -OCH3 is 1. The number of nitrogens with zero attached hydrogens (tertiary/aromatic N) is 2. The molecule has 28 heavy (non-hydrogen) atoms. The van der Waals surface area contributed by atoms with Gasteiger partial charge in [0.15, 0.2) is 0 Å². The van der Waals surface area contributed by atoms with Crippen LogP contribution in [0, 0.1) is 0 Å². The van der Waals surface area contributed by atoms with Crippen molar-refractivity contribution < 1.29 is 9.47 Å². The van der Waals surface area contributed by atoms with Crippen molar-refractivity contribution in [2.24, 2.45) is 5.73 Å². The molecule has 0 radical (unpaired) electrons. The van der Waals surface area contributed by atoms with E-state index in [9.17, 15) is 4.79 Å². The molecule has 0 aliphatic carbocycles. The van der Waals surface area contributed by atoms with Gasteiger partial charge in [-0.2, -0.15) is 5.10 Å². The maximum atomic E-state index is 12.0. The van der Waals surface area contributed by atoms with Crippen molar-refractivity contribution in [3.8, 4) is 28.4 Å². The van der Waals surface area contributed by atoms with Gasteiger partial charge in [0, 0.05) is 23.7 Å². The average molecular weight is 374 g/mol. The number of H-pyrrole nitrogens is 1. The molecule has 0 unspecified atom stereocenters. The molecule has 140 valence electrons. The number of hydrogen-bond acceptors (Lipinski definition) is 6. The first-order valence-corrected chi connectivity index (χ1v) is 8.66. The molecule has 7 nitrogen and oxygen atoms in total. The molecule has 0 atom stereocenters. The van der Waals surface area contributed by atoms with Crippen LogP contribution in [0.4, 0.5) is 0 Å². The molecular weight excluding hydrogens is 356 g/mol. The lowest BCUT2D eigenvalue weighted by molar-refractivity contribution is 0.413. The zero-order valence-electron chi connectivity index (χ0n) is 15.2. The summed E-state index contributed by atoms with van der Waals surface area (Å²) in [6.07, 6.45) is 3.39. The molecule has 0 fully saturated rings. The third-order valence-corrected chi connectivity index (χ3v) is 4.40. The van der Waals surface area contributed by atoms with Crippen LogP contribution in [0.3, 0.4) is 0 Å². The van der Waals surface area contributed by atoms with Crippen LogP contribution in [0.5, 0.6) is 17.2 Å². The fourth-order valence-electron chi connectivity index (χ4n) is 2.97. The van der Waals surface area contributed by atoms with Gasteiger partial charge < -0.3 is 15.2 Å². The second-order valence-corrected chi connectivity index (χ2v) is 6.15. The van der Waals surface area contributed by atoms with Gasteiger partial charge in [-0.1, -0.05) is 6.07 Å². The standard InChI is InChI=1S/C21H18N4O3/c1-27-15-3-5-16(6-4-15)28-17-8-14(11-23-12-17)13-2-7-18-19(9-13)20(10-22)24-25-21(18)26/h2-9,11-12H,10,22H2,1H3,(H,25,26). The minimum Gasteiger partial charge on any atom is -0.497 e. The van der Waals surface area contributed by atoms with Gasteiger partial charge in [-0.05, 0) is 48.0 Å². The molecule has 0 saturated heterocycles. The van der Waals surface area contributed by atoms with E-state index in [1.165, 1.54) is 0 Å². The summed E-state index contributed by atoms with van der Waals surface area (Å²) in [5.74, 6) is 2.04. The van der Waals surface area contributed by atoms with E-state index in [0.717, 1.165) is 22.3 Å². The smallest absolute Gasteiger partial charge is 0.272 e. The molecular formula is C21H18N4O3. The fraction of sp³-hybridized carbons (Fsp3) is 0.0952. The maximum absolute atomic E-state index is 12.0. The Labute approximate surface area is 160 Å². The lowest BCUT2D eigenvalue weighted by Gasteiger charge is -2.09. The Kier molecular flexibility index (Phi) is 4.74. The van der Waals surface area contributed by atoms with Crippen LogP contribution in [-0.2, 0) is 6.54 Å². The van der Waals surface area contributed by atoms with Crippen molar-refractivity contribution in [3.05, 3.63) is 77.0 Å². The van der Waals surface area contributed by atoms with Crippen molar-refractivity contribution in [1.82, 2.24) is 15.2 Å². The molecule has 0 saturated carbocycles. The summed E-state index contributed by atoms with van der Waals surface area (Å²) in [6.45, 7) is 0.232. The summed E-state index contributed by atoms with van der Waals surface area (Å²) in [6, 6.07) is 14.7. The van der Waals surface area contributed by atoms with E-state index >= 15 is 0 Å². The number of ether oxygens (including phenoxy) is 2. The van der Waals surface area contributed by atoms with E-state index in [4.69, 9.17) is 15.2 Å². The molecule has 2 aromatic heterocycles. The number of aromatic nitrogens is 3. The average Bonchev–Trinajstić information content (AvgIpc) is 2.74. The summed E-state index contributed by atoms with van der Waals surface area (Å²) in [7, 11) is 1.62. The zero-order valence-corrected chi connectivity index (χ0v) is 15.2. The molecule has 0 spiro atoms. The molecule has 2 aromatic carbocycles. The molecule has 4 rings (SSSR count). The monoisotopic (exact) mass is 374 g/mol. The topological polar surface area (TPSA) is 103 Å². The Hall–Kier alpha value is -3.71. The van der Waals surface area contributed by atoms with Gasteiger partial charge in [0.05, 0.1) is 24.4 Å². The van der Waals surface area contributed by atoms with Gasteiger partial charge in [0.1, 0.15) is 17.2 Å². The van der Waals surface area contributed by atoms with Crippen LogP contribution >= 0.6 is 0 Å². The second-order valence-electron chi connectivity index (χ2n) is 6.15. The second kappa shape index (κ2) is 7.50. The van der Waals surface area contributed by atoms with Crippen molar-refractivity contribution in [1.29, 1.82) is 0 Å². The number of aromatic amines is 1. The van der Waals surface area contributed by atoms with E-state index in [1.807, 2.05) is 42.5 Å². The van der Waals surface area contributed by atoms with Crippen molar-refractivity contribution >= 4 is 10.8 Å². The Morgan fingerprint density at radius 2 is 1.71 bits per heavy atom. The number of benzene rings is 2. The molecule has 7 heteroatoms. The van der Waals surface area contributed by atoms with Gasteiger partial charge in [-0.15, -0.1) is 0 Å². The van der Waals surface area contributed by atoms with Gasteiger partial charge in [-0.3, -0.25) is 9.78 Å². The molecule has 2 heterocycles. The van der Waals surface area contributed by atoms with Crippen molar-refractivity contribution in [2.75, 3.05) is 7.11 Å². The highest BCUT2D eigenvalue weighted by atomic mass is 16.5. The molecule has 0 aliphatic rings. The highest BCUT2D eigenvalue weighted by molar-refractivity contribution is 5.88. The minimum absolute atomic E-state index is 0.232. The number of nitrogens with two attached hydrogens (primary N) is 1. The van der Waals surface area contributed by atoms with E-state index in [0.29, 0.717) is 22.6 Å². The third kappa shape index (κ3) is 3.43. The van der Waals surface area contributed by atoms with Gasteiger partial charge in [-0.25, -0.2) is 5.10 Å². The number of pyridine rings is 1. The Balaban J connectivity index is 1.69. The van der Waals surface area contributed by atoms with E-state index in [2.05, 4.69) is 15.2 Å². The number of nitrogens with one attached hydrogen (secondary N) is 1. The molecule has 0 aliphatic heterocycles. The zero-order chi connectivity index (χ0) is 19.5. The SMILES string of the molecule is COc1ccc(Oc2cncc(-c3ccc4c(=O)[nH]nc(CN)c4c3)c2)cc1. The minimum atomic E-state index is -0.242. The van der Waals surface area contributed by atoms with Crippen LogP contribution in [0.25, 0.3) is 21.9 Å². The van der Waals surface area contributed by atoms with Crippen LogP contribution in [-0.4, -0.2) is 22.3 Å². The first kappa shape index (κ1) is 17.7. The molecule has 0 bridgehead atoms. The van der Waals surface area contributed by atoms with E-state index in [-0.39, 0.29) is 12.1 Å². The van der Waals surface area contributed by atoms with Gasteiger partial charge in [0.25, 0.3) is 5.56 Å². The highest BCUT2D eigenvalue weighted by Crippen LogP contribution is 2.29. The predicted octanol–water partition coefficient (Wildman–Crippen LogP) is 3.24. The Morgan fingerprint density at radius 1 is 0.929 bits per heavy atom. The number of fused-ring (bicyclic) bond motifs is 1. The van der Waals surface area contributed by atoms with Gasteiger partial charge in [0.2, 0.25) is 0 Å². The highest BCUT2D eigenvalue weighted by Gasteiger charge is 2.09. The van der Waals surface area contributed by atoms with Crippen LogP contribution in [0.2, 0.25) is 0 Å². The molecule has 0 amide bonds. The normalized spacial score (nSPS) is 10.8. The lowest BCUT2D eigenvalue weighted by Crippen LogP contribution is -2.13. The number of hydrogen-bond donors (Lipinski definition) is 2. The predicted molar refractivity (Wildman–Crippen MR) is 107 cm³/mol. The van der Waals surface area contributed by atoms with Crippen molar-refractivity contribution in [2.45, 2.75) is 6.54 Å². The first-order chi connectivity index (χ1) is 13.7. The summed E-state index contributed by atoms with van der Waals surface area (Å²) in [4.78, 5) is 16.3. The molecule has 3 N–H and O–H groups in total. The fourth-order valence-corrected chi connectivity index (χ4v) is 2.97. The molecule has 4 aromatic rings. The lowest BCUT2D eigenvalue weighted by atomic mass is 10.0. The van der Waals surface area contributed by atoms with Crippen molar-refractivity contribution in [3.63, 3.8) is 0 Å². The number of rotatable bonds is 5. The first-order valence-electron chi connectivity index (χ1n) is 8.66. The quantitative estimate of drug-likeness (QED) is 0.556. The van der Waals surface area contributed by atoms with Crippen LogP contribution in [0.15, 0.2) is 65.7 Å².